The molecule has 2 N–H and O–H groups in total. The van der Waals surface area contributed by atoms with Gasteiger partial charge in [0.25, 0.3) is 0 Å². The first-order valence-electron chi connectivity index (χ1n) is 13.1. The predicted molar refractivity (Wildman–Crippen MR) is 152 cm³/mol. The second-order valence-electron chi connectivity index (χ2n) is 10.5. The minimum absolute atomic E-state index is 0.0268. The first-order valence-corrected chi connectivity index (χ1v) is 13.5. The van der Waals surface area contributed by atoms with Gasteiger partial charge in [-0.3, -0.25) is 0 Å². The van der Waals surface area contributed by atoms with Gasteiger partial charge in [-0.05, 0) is 37.0 Å². The zero-order chi connectivity index (χ0) is 28.0. The van der Waals surface area contributed by atoms with E-state index in [-0.39, 0.29) is 45.6 Å². The summed E-state index contributed by atoms with van der Waals surface area (Å²) < 4.78 is 1.95. The number of phenolic OH excluding ortho intramolecular Hbond substituents is 1. The molecule has 4 heterocycles. The van der Waals surface area contributed by atoms with Crippen LogP contribution in [0.25, 0.3) is 28.0 Å². The number of phenols is 1. The summed E-state index contributed by atoms with van der Waals surface area (Å²) in [5, 5.41) is 28.9. The van der Waals surface area contributed by atoms with Gasteiger partial charge in [0.2, 0.25) is 0 Å². The molecule has 1 fully saturated rings. The molecule has 0 radical (unpaired) electrons. The maximum atomic E-state index is 14.4. The van der Waals surface area contributed by atoms with Crippen LogP contribution in [0.15, 0.2) is 41.5 Å². The molecule has 3 aromatic heterocycles. The molecule has 0 amide bonds. The lowest BCUT2D eigenvalue weighted by molar-refractivity contribution is -0.568. The number of nitrogens with one attached hydrogen (secondary N) is 1. The molecule has 5 rings (SSSR count). The topological polar surface area (TPSA) is 123 Å². The van der Waals surface area contributed by atoms with Gasteiger partial charge in [-0.1, -0.05) is 51.4 Å². The van der Waals surface area contributed by atoms with Crippen LogP contribution in [0.5, 0.6) is 5.75 Å². The molecule has 4 aromatic rings. The Bertz CT molecular complexity index is 1590. The Labute approximate surface area is 231 Å². The summed E-state index contributed by atoms with van der Waals surface area (Å²) in [5.74, 6) is 0.154. The second-order valence-corrected chi connectivity index (χ2v) is 10.9. The van der Waals surface area contributed by atoms with E-state index >= 15 is 0 Å². The summed E-state index contributed by atoms with van der Waals surface area (Å²) in [7, 11) is 0. The van der Waals surface area contributed by atoms with E-state index in [1.54, 1.807) is 24.3 Å². The highest BCUT2D eigenvalue weighted by molar-refractivity contribution is 6.33. The lowest BCUT2D eigenvalue weighted by Gasteiger charge is -2.35. The van der Waals surface area contributed by atoms with Gasteiger partial charge >= 0.3 is 11.3 Å². The summed E-state index contributed by atoms with van der Waals surface area (Å²) in [5.41, 5.74) is 1.43. The van der Waals surface area contributed by atoms with Crippen LogP contribution in [0, 0.1) is 5.21 Å². The fourth-order valence-electron chi connectivity index (χ4n) is 5.21. The Morgan fingerprint density at radius 2 is 1.82 bits per heavy atom. The lowest BCUT2D eigenvalue weighted by Crippen LogP contribution is -2.51. The smallest absolute Gasteiger partial charge is 0.442 e. The highest BCUT2D eigenvalue weighted by Crippen LogP contribution is 2.37. The van der Waals surface area contributed by atoms with Crippen LogP contribution >= 0.6 is 11.6 Å². The Morgan fingerprint density at radius 3 is 2.44 bits per heavy atom. The molecule has 0 aliphatic carbocycles. The van der Waals surface area contributed by atoms with E-state index in [0.29, 0.717) is 52.6 Å². The van der Waals surface area contributed by atoms with Gasteiger partial charge in [0.1, 0.15) is 17.5 Å². The molecule has 10 nitrogen and oxygen atoms in total. The van der Waals surface area contributed by atoms with Gasteiger partial charge in [0.15, 0.2) is 17.2 Å². The third kappa shape index (κ3) is 4.57. The molecular formula is C28H32ClN7O3. The Hall–Kier alpha value is -3.76. The van der Waals surface area contributed by atoms with E-state index in [1.165, 1.54) is 17.0 Å². The zero-order valence-corrected chi connectivity index (χ0v) is 23.4. The molecule has 0 bridgehead atoms. The fraction of sp³-hybridized carbons (Fsp3) is 0.393. The van der Waals surface area contributed by atoms with Gasteiger partial charge in [0.05, 0.1) is 22.0 Å². The Morgan fingerprint density at radius 1 is 1.15 bits per heavy atom. The van der Waals surface area contributed by atoms with Crippen LogP contribution in [0.3, 0.4) is 0 Å². The van der Waals surface area contributed by atoms with Crippen molar-refractivity contribution in [2.45, 2.75) is 52.5 Å². The maximum Gasteiger partial charge on any atom is 0.442 e. The van der Waals surface area contributed by atoms with Crippen LogP contribution in [0.1, 0.15) is 57.8 Å². The fourth-order valence-corrected chi connectivity index (χ4v) is 5.50. The number of halogens is 1. The van der Waals surface area contributed by atoms with Crippen molar-refractivity contribution in [1.29, 1.82) is 0 Å². The standard InChI is InChI=1S/C28H32ClN7O3/c1-15(2)22-25(23(16(3)4)32-14-31-22)35-27-19(26(33-28(35)38)34-11-10-30-13-17(34)5)12-20(29)24(36(27)39)18-8-6-7-9-21(18)37/h6-9,12,14-17,30,37H,10-11,13H2,1-5H3/t17-/m0/s1. The molecule has 0 saturated carbocycles. The van der Waals surface area contributed by atoms with Crippen molar-refractivity contribution in [3.8, 4) is 22.7 Å². The Balaban J connectivity index is 1.98. The first-order chi connectivity index (χ1) is 18.6. The number of hydrogen-bond acceptors (Lipinski definition) is 8. The van der Waals surface area contributed by atoms with Gasteiger partial charge in [-0.25, -0.2) is 19.5 Å². The van der Waals surface area contributed by atoms with Crippen LogP contribution in [-0.2, 0) is 0 Å². The summed E-state index contributed by atoms with van der Waals surface area (Å²) in [4.78, 5) is 29.6. The number of fused-ring (bicyclic) bond motifs is 1. The van der Waals surface area contributed by atoms with Crippen molar-refractivity contribution < 1.29 is 9.84 Å². The summed E-state index contributed by atoms with van der Waals surface area (Å²) in [6.45, 7) is 12.0. The summed E-state index contributed by atoms with van der Waals surface area (Å²) in [6.07, 6.45) is 1.49. The van der Waals surface area contributed by atoms with Gasteiger partial charge in [0, 0.05) is 25.7 Å². The highest BCUT2D eigenvalue weighted by atomic mass is 35.5. The molecule has 204 valence electrons. The minimum atomic E-state index is -0.614. The summed E-state index contributed by atoms with van der Waals surface area (Å²) >= 11 is 6.76. The molecule has 1 aliphatic rings. The third-order valence-corrected chi connectivity index (χ3v) is 7.40. The monoisotopic (exact) mass is 549 g/mol. The zero-order valence-electron chi connectivity index (χ0n) is 22.6. The number of benzene rings is 1. The highest BCUT2D eigenvalue weighted by Gasteiger charge is 2.33. The SMILES string of the molecule is CC(C)c1ncnc(C(C)C)c1-n1c(=O)nc(N2CCNC[C@@H]2C)c2cc(Cl)c(-c3ccccc3O)[n+]([O-])c21. The van der Waals surface area contributed by atoms with Gasteiger partial charge in [-0.15, -0.1) is 4.57 Å². The molecule has 1 saturated heterocycles. The van der Waals surface area contributed by atoms with Gasteiger partial charge in [-0.2, -0.15) is 4.98 Å². The summed E-state index contributed by atoms with van der Waals surface area (Å²) in [6, 6.07) is 8.17. The number of aromatic nitrogens is 5. The predicted octanol–water partition coefficient (Wildman–Crippen LogP) is 3.88. The van der Waals surface area contributed by atoms with Crippen molar-refractivity contribution in [3.63, 3.8) is 0 Å². The number of pyridine rings is 1. The first kappa shape index (κ1) is 26.8. The molecule has 1 aromatic carbocycles. The molecule has 0 unspecified atom stereocenters. The molecular weight excluding hydrogens is 518 g/mol. The minimum Gasteiger partial charge on any atom is -0.710 e. The van der Waals surface area contributed by atoms with Crippen molar-refractivity contribution >= 4 is 28.5 Å². The van der Waals surface area contributed by atoms with Gasteiger partial charge < -0.3 is 20.5 Å². The number of piperazine rings is 1. The van der Waals surface area contributed by atoms with E-state index in [4.69, 9.17) is 11.6 Å². The number of para-hydroxylation sites is 1. The third-order valence-electron chi connectivity index (χ3n) is 7.11. The molecule has 1 atom stereocenters. The average molecular weight is 550 g/mol. The van der Waals surface area contributed by atoms with E-state index in [1.807, 2.05) is 39.5 Å². The number of nitrogens with zero attached hydrogens (tertiary/aromatic N) is 6. The van der Waals surface area contributed by atoms with E-state index in [0.717, 1.165) is 0 Å². The molecule has 1 aliphatic heterocycles. The van der Waals surface area contributed by atoms with Crippen molar-refractivity contribution in [1.82, 2.24) is 24.8 Å². The van der Waals surface area contributed by atoms with Crippen LogP contribution in [0.2, 0.25) is 5.02 Å². The number of hydrogen-bond donors (Lipinski definition) is 2. The molecule has 11 heteroatoms. The second kappa shape index (κ2) is 10.4. The average Bonchev–Trinajstić information content (AvgIpc) is 2.89. The number of anilines is 1. The Kier molecular flexibility index (Phi) is 7.17. The number of aromatic hydroxyl groups is 1. The van der Waals surface area contributed by atoms with E-state index in [9.17, 15) is 15.1 Å². The normalized spacial score (nSPS) is 16.0. The molecule has 39 heavy (non-hydrogen) atoms. The van der Waals surface area contributed by atoms with Crippen molar-refractivity contribution in [3.05, 3.63) is 68.8 Å². The van der Waals surface area contributed by atoms with E-state index < -0.39 is 5.69 Å². The number of rotatable bonds is 5. The van der Waals surface area contributed by atoms with Crippen LogP contribution < -0.4 is 20.6 Å². The maximum absolute atomic E-state index is 14.4. The quantitative estimate of drug-likeness (QED) is 0.284. The van der Waals surface area contributed by atoms with Crippen LogP contribution in [-0.4, -0.2) is 50.3 Å². The van der Waals surface area contributed by atoms with Crippen molar-refractivity contribution in [2.75, 3.05) is 24.5 Å². The van der Waals surface area contributed by atoms with Crippen LogP contribution in [0.4, 0.5) is 5.82 Å². The molecule has 0 spiro atoms. The largest absolute Gasteiger partial charge is 0.710 e. The van der Waals surface area contributed by atoms with Crippen molar-refractivity contribution in [2.24, 2.45) is 0 Å². The lowest BCUT2D eigenvalue weighted by atomic mass is 10.0. The van der Waals surface area contributed by atoms with E-state index in [2.05, 4.69) is 20.3 Å².